The van der Waals surface area contributed by atoms with E-state index in [0.29, 0.717) is 25.1 Å². The fourth-order valence-corrected chi connectivity index (χ4v) is 4.19. The number of hydrogen-bond acceptors (Lipinski definition) is 4. The van der Waals surface area contributed by atoms with Crippen LogP contribution in [0.15, 0.2) is 24.3 Å². The highest BCUT2D eigenvalue weighted by Crippen LogP contribution is 2.27. The van der Waals surface area contributed by atoms with Crippen LogP contribution in [0.5, 0.6) is 0 Å². The van der Waals surface area contributed by atoms with Crippen molar-refractivity contribution in [1.29, 1.82) is 0 Å². The number of aliphatic hydroxyl groups is 1. The van der Waals surface area contributed by atoms with Crippen molar-refractivity contribution < 1.29 is 14.2 Å². The second-order valence-electron chi connectivity index (χ2n) is 7.82. The summed E-state index contributed by atoms with van der Waals surface area (Å²) in [6.07, 6.45) is 2.97. The van der Waals surface area contributed by atoms with E-state index in [9.17, 15) is 9.50 Å². The summed E-state index contributed by atoms with van der Waals surface area (Å²) in [4.78, 5) is 5.04. The molecular formula is C20H31FN2O2. The van der Waals surface area contributed by atoms with Crippen molar-refractivity contribution in [3.05, 3.63) is 35.6 Å². The number of aliphatic hydroxyl groups excluding tert-OH is 1. The lowest BCUT2D eigenvalue weighted by Gasteiger charge is -2.47. The maximum atomic E-state index is 13.1. The highest BCUT2D eigenvalue weighted by molar-refractivity contribution is 5.19. The van der Waals surface area contributed by atoms with E-state index in [1.54, 1.807) is 12.1 Å². The van der Waals surface area contributed by atoms with Crippen molar-refractivity contribution >= 4 is 0 Å². The Morgan fingerprint density at radius 3 is 2.48 bits per heavy atom. The van der Waals surface area contributed by atoms with Gasteiger partial charge < -0.3 is 14.7 Å². The summed E-state index contributed by atoms with van der Waals surface area (Å²) in [7, 11) is 0. The van der Waals surface area contributed by atoms with Gasteiger partial charge in [0.05, 0.1) is 13.2 Å². The molecule has 2 saturated heterocycles. The molecule has 2 aliphatic rings. The Balaban J connectivity index is 1.63. The number of rotatable bonds is 5. The van der Waals surface area contributed by atoms with Crippen LogP contribution in [0.1, 0.15) is 32.3 Å². The summed E-state index contributed by atoms with van der Waals surface area (Å²) in [5.41, 5.74) is 0.428. The third-order valence-electron chi connectivity index (χ3n) is 5.75. The largest absolute Gasteiger partial charge is 0.393 e. The molecule has 0 aliphatic carbocycles. The van der Waals surface area contributed by atoms with Crippen molar-refractivity contribution in [3.63, 3.8) is 0 Å². The van der Waals surface area contributed by atoms with Crippen LogP contribution in [0.4, 0.5) is 4.39 Å². The van der Waals surface area contributed by atoms with Gasteiger partial charge in [0.15, 0.2) is 0 Å². The van der Waals surface area contributed by atoms with Crippen LogP contribution in [0.25, 0.3) is 0 Å². The quantitative estimate of drug-likeness (QED) is 0.884. The van der Waals surface area contributed by atoms with E-state index in [-0.39, 0.29) is 12.4 Å². The van der Waals surface area contributed by atoms with Crippen LogP contribution < -0.4 is 0 Å². The molecule has 1 N–H and O–H groups in total. The lowest BCUT2D eigenvalue weighted by Crippen LogP contribution is -2.59. The molecule has 2 fully saturated rings. The molecule has 5 heteroatoms. The fraction of sp³-hybridized carbons (Fsp3) is 0.700. The Morgan fingerprint density at radius 2 is 1.88 bits per heavy atom. The zero-order valence-corrected chi connectivity index (χ0v) is 15.5. The molecule has 0 saturated carbocycles. The zero-order valence-electron chi connectivity index (χ0n) is 15.5. The minimum atomic E-state index is -0.578. The normalized spacial score (nSPS) is 27.1. The average Bonchev–Trinajstić information content (AvgIpc) is 2.64. The average molecular weight is 350 g/mol. The summed E-state index contributed by atoms with van der Waals surface area (Å²) in [6, 6.07) is 7.70. The third kappa shape index (κ3) is 4.59. The lowest BCUT2D eigenvalue weighted by atomic mass is 9.91. The highest BCUT2D eigenvalue weighted by atomic mass is 19.1. The Labute approximate surface area is 150 Å². The van der Waals surface area contributed by atoms with Crippen LogP contribution in [-0.2, 0) is 11.2 Å². The molecule has 0 amide bonds. The molecule has 4 nitrogen and oxygen atoms in total. The Kier molecular flexibility index (Phi) is 6.10. The molecular weight excluding hydrogens is 319 g/mol. The van der Waals surface area contributed by atoms with Crippen molar-refractivity contribution in [2.24, 2.45) is 0 Å². The van der Waals surface area contributed by atoms with Crippen molar-refractivity contribution in [1.82, 2.24) is 9.80 Å². The number of benzene rings is 1. The van der Waals surface area contributed by atoms with Gasteiger partial charge in [-0.3, -0.25) is 4.90 Å². The van der Waals surface area contributed by atoms with Crippen molar-refractivity contribution in [3.8, 4) is 0 Å². The molecule has 140 valence electrons. The number of piperidine rings is 1. The first-order chi connectivity index (χ1) is 12.0. The van der Waals surface area contributed by atoms with E-state index in [0.717, 1.165) is 31.7 Å². The van der Waals surface area contributed by atoms with Crippen LogP contribution in [0.3, 0.4) is 0 Å². The molecule has 3 rings (SSSR count). The SMILES string of the molecule is CC(C)N1CCC(N2CCOC(CO)(Cc3ccc(F)cc3)C2)CC1. The van der Waals surface area contributed by atoms with E-state index in [4.69, 9.17) is 4.74 Å². The minimum absolute atomic E-state index is 0.00822. The van der Waals surface area contributed by atoms with Crippen LogP contribution in [0.2, 0.25) is 0 Å². The molecule has 1 aromatic rings. The lowest BCUT2D eigenvalue weighted by molar-refractivity contribution is -0.143. The summed E-state index contributed by atoms with van der Waals surface area (Å²) in [5.74, 6) is -0.232. The van der Waals surface area contributed by atoms with Crippen LogP contribution >= 0.6 is 0 Å². The van der Waals surface area contributed by atoms with E-state index in [2.05, 4.69) is 23.6 Å². The van der Waals surface area contributed by atoms with Gasteiger partial charge in [-0.1, -0.05) is 12.1 Å². The van der Waals surface area contributed by atoms with E-state index < -0.39 is 5.60 Å². The van der Waals surface area contributed by atoms with E-state index >= 15 is 0 Å². The first-order valence-corrected chi connectivity index (χ1v) is 9.49. The molecule has 2 heterocycles. The van der Waals surface area contributed by atoms with Gasteiger partial charge in [0.1, 0.15) is 11.4 Å². The number of halogens is 1. The van der Waals surface area contributed by atoms with E-state index in [1.807, 2.05) is 0 Å². The highest BCUT2D eigenvalue weighted by Gasteiger charge is 2.39. The second-order valence-corrected chi connectivity index (χ2v) is 7.82. The van der Waals surface area contributed by atoms with Crippen molar-refractivity contribution in [2.45, 2.75) is 50.8 Å². The first-order valence-electron chi connectivity index (χ1n) is 9.49. The van der Waals surface area contributed by atoms with E-state index in [1.165, 1.54) is 25.0 Å². The number of likely N-dealkylation sites (tertiary alicyclic amines) is 1. The Morgan fingerprint density at radius 1 is 1.20 bits per heavy atom. The fourth-order valence-electron chi connectivity index (χ4n) is 4.19. The van der Waals surface area contributed by atoms with Gasteiger partial charge in [-0.05, 0) is 57.5 Å². The van der Waals surface area contributed by atoms with Gasteiger partial charge in [0.2, 0.25) is 0 Å². The van der Waals surface area contributed by atoms with Gasteiger partial charge in [0, 0.05) is 31.6 Å². The zero-order chi connectivity index (χ0) is 17.9. The number of nitrogens with zero attached hydrogens (tertiary/aromatic N) is 2. The molecule has 2 aliphatic heterocycles. The summed E-state index contributed by atoms with van der Waals surface area (Å²) in [5, 5.41) is 10.1. The number of morpholine rings is 1. The van der Waals surface area contributed by atoms with Gasteiger partial charge in [-0.2, -0.15) is 0 Å². The van der Waals surface area contributed by atoms with Gasteiger partial charge in [-0.15, -0.1) is 0 Å². The van der Waals surface area contributed by atoms with Gasteiger partial charge in [0.25, 0.3) is 0 Å². The Hall–Kier alpha value is -1.01. The predicted molar refractivity (Wildman–Crippen MR) is 97.2 cm³/mol. The summed E-state index contributed by atoms with van der Waals surface area (Å²) >= 11 is 0. The third-order valence-corrected chi connectivity index (χ3v) is 5.75. The van der Waals surface area contributed by atoms with Crippen LogP contribution in [-0.4, -0.2) is 72.0 Å². The maximum absolute atomic E-state index is 13.1. The summed E-state index contributed by atoms with van der Waals surface area (Å²) < 4.78 is 19.2. The Bertz CT molecular complexity index is 543. The van der Waals surface area contributed by atoms with Gasteiger partial charge in [-0.25, -0.2) is 4.39 Å². The molecule has 1 atom stereocenters. The van der Waals surface area contributed by atoms with Crippen molar-refractivity contribution in [2.75, 3.05) is 39.4 Å². The molecule has 25 heavy (non-hydrogen) atoms. The van der Waals surface area contributed by atoms with Crippen LogP contribution in [0, 0.1) is 5.82 Å². The molecule has 0 radical (unpaired) electrons. The molecule has 0 spiro atoms. The van der Waals surface area contributed by atoms with Gasteiger partial charge >= 0.3 is 0 Å². The smallest absolute Gasteiger partial charge is 0.123 e. The minimum Gasteiger partial charge on any atom is -0.393 e. The molecule has 1 unspecified atom stereocenters. The maximum Gasteiger partial charge on any atom is 0.123 e. The molecule has 0 aromatic heterocycles. The number of ether oxygens (including phenoxy) is 1. The molecule has 0 bridgehead atoms. The number of hydrogen-bond donors (Lipinski definition) is 1. The summed E-state index contributed by atoms with van der Waals surface area (Å²) in [6.45, 7) is 9.11. The topological polar surface area (TPSA) is 35.9 Å². The first kappa shape index (κ1) is 18.8. The predicted octanol–water partition coefficient (Wildman–Crippen LogP) is 2.30. The monoisotopic (exact) mass is 350 g/mol. The standard InChI is InChI=1S/C20H31FN2O2/c1-16(2)22-9-7-19(8-10-22)23-11-12-25-20(14-23,15-24)13-17-3-5-18(21)6-4-17/h3-6,16,19,24H,7-15H2,1-2H3. The second kappa shape index (κ2) is 8.12. The molecule has 1 aromatic carbocycles.